The second-order valence-corrected chi connectivity index (χ2v) is 8.99. The second-order valence-electron chi connectivity index (χ2n) is 8.14. The van der Waals surface area contributed by atoms with E-state index in [0.29, 0.717) is 12.2 Å². The van der Waals surface area contributed by atoms with Crippen LogP contribution in [0, 0.1) is 0 Å². The number of benzene rings is 3. The lowest BCUT2D eigenvalue weighted by Gasteiger charge is -2.26. The van der Waals surface area contributed by atoms with Crippen molar-refractivity contribution in [3.63, 3.8) is 0 Å². The maximum absolute atomic E-state index is 12.6. The van der Waals surface area contributed by atoms with E-state index in [1.54, 1.807) is 0 Å². The standard InChI is InChI=1S/C26H28BrNO3/c1-26(2,20-13-7-4-8-14-20)18-25(29)31-24(28)17-23(19-11-5-3-6-12-19)30-22-16-10-9-15-21(22)27/h3-16,23-24H,17-18,28H2,1-2H3. The molecule has 0 spiro atoms. The number of para-hydroxylation sites is 1. The van der Waals surface area contributed by atoms with Gasteiger partial charge in [-0.2, -0.15) is 0 Å². The van der Waals surface area contributed by atoms with Crippen LogP contribution in [0.2, 0.25) is 0 Å². The fourth-order valence-electron chi connectivity index (χ4n) is 3.44. The van der Waals surface area contributed by atoms with Gasteiger partial charge in [-0.25, -0.2) is 0 Å². The first kappa shape index (κ1) is 23.0. The molecule has 0 saturated carbocycles. The summed E-state index contributed by atoms with van der Waals surface area (Å²) in [5.41, 5.74) is 7.93. The molecule has 2 unspecified atom stereocenters. The van der Waals surface area contributed by atoms with Gasteiger partial charge in [0.25, 0.3) is 0 Å². The van der Waals surface area contributed by atoms with Crippen LogP contribution in [-0.4, -0.2) is 12.2 Å². The normalized spacial score (nSPS) is 13.3. The average Bonchev–Trinajstić information content (AvgIpc) is 2.75. The highest BCUT2D eigenvalue weighted by atomic mass is 79.9. The largest absolute Gasteiger partial charge is 0.484 e. The number of ether oxygens (including phenoxy) is 2. The molecule has 162 valence electrons. The van der Waals surface area contributed by atoms with E-state index >= 15 is 0 Å². The molecule has 4 nitrogen and oxygen atoms in total. The van der Waals surface area contributed by atoms with E-state index in [0.717, 1.165) is 15.6 Å². The fraction of sp³-hybridized carbons (Fsp3) is 0.269. The van der Waals surface area contributed by atoms with Crippen LogP contribution in [-0.2, 0) is 14.9 Å². The van der Waals surface area contributed by atoms with E-state index in [-0.39, 0.29) is 23.9 Å². The van der Waals surface area contributed by atoms with E-state index in [1.807, 2.05) is 98.8 Å². The summed E-state index contributed by atoms with van der Waals surface area (Å²) in [6.45, 7) is 4.05. The third-order valence-electron chi connectivity index (χ3n) is 5.15. The summed E-state index contributed by atoms with van der Waals surface area (Å²) in [7, 11) is 0. The number of nitrogens with two attached hydrogens (primary N) is 1. The molecule has 31 heavy (non-hydrogen) atoms. The molecule has 0 aliphatic carbocycles. The van der Waals surface area contributed by atoms with Crippen LogP contribution in [0.5, 0.6) is 5.75 Å². The van der Waals surface area contributed by atoms with E-state index in [1.165, 1.54) is 0 Å². The summed E-state index contributed by atoms with van der Waals surface area (Å²) in [6, 6.07) is 27.4. The maximum atomic E-state index is 12.6. The van der Waals surface area contributed by atoms with Crippen LogP contribution >= 0.6 is 15.9 Å². The Labute approximate surface area is 192 Å². The van der Waals surface area contributed by atoms with Gasteiger partial charge in [-0.3, -0.25) is 10.5 Å². The van der Waals surface area contributed by atoms with Crippen LogP contribution in [0.4, 0.5) is 0 Å². The summed E-state index contributed by atoms with van der Waals surface area (Å²) in [6.07, 6.45) is -0.564. The molecule has 3 aromatic rings. The first-order valence-electron chi connectivity index (χ1n) is 10.3. The Morgan fingerprint density at radius 2 is 1.52 bits per heavy atom. The lowest BCUT2D eigenvalue weighted by atomic mass is 9.82. The molecule has 2 N–H and O–H groups in total. The monoisotopic (exact) mass is 481 g/mol. The molecule has 2 atom stereocenters. The Bertz CT molecular complexity index is 976. The molecule has 0 bridgehead atoms. The fourth-order valence-corrected chi connectivity index (χ4v) is 3.81. The number of carbonyl (C=O) groups is 1. The Kier molecular flexibility index (Phi) is 7.88. The molecule has 3 rings (SSSR count). The summed E-state index contributed by atoms with van der Waals surface area (Å²) in [5, 5.41) is 0. The predicted octanol–water partition coefficient (Wildman–Crippen LogP) is 6.16. The summed E-state index contributed by atoms with van der Waals surface area (Å²) < 4.78 is 12.7. The zero-order valence-electron chi connectivity index (χ0n) is 17.8. The topological polar surface area (TPSA) is 61.5 Å². The van der Waals surface area contributed by atoms with Gasteiger partial charge in [0.1, 0.15) is 11.9 Å². The van der Waals surface area contributed by atoms with Gasteiger partial charge in [-0.1, -0.05) is 86.6 Å². The molecule has 0 aliphatic heterocycles. The van der Waals surface area contributed by atoms with Gasteiger partial charge < -0.3 is 9.47 Å². The van der Waals surface area contributed by atoms with E-state index < -0.39 is 6.23 Å². The molecule has 0 radical (unpaired) electrons. The van der Waals surface area contributed by atoms with E-state index in [2.05, 4.69) is 15.9 Å². The molecule has 0 aliphatic rings. The lowest BCUT2D eigenvalue weighted by Crippen LogP contribution is -2.33. The van der Waals surface area contributed by atoms with Gasteiger partial charge in [-0.15, -0.1) is 0 Å². The molecular formula is C26H28BrNO3. The van der Waals surface area contributed by atoms with Crippen LogP contribution in [0.1, 0.15) is 43.9 Å². The van der Waals surface area contributed by atoms with Crippen molar-refractivity contribution in [1.82, 2.24) is 0 Å². The quantitative estimate of drug-likeness (QED) is 0.293. The molecule has 0 heterocycles. The van der Waals surface area contributed by atoms with Crippen molar-refractivity contribution in [2.45, 2.75) is 44.4 Å². The van der Waals surface area contributed by atoms with Gasteiger partial charge in [0.15, 0.2) is 6.23 Å². The second kappa shape index (κ2) is 10.6. The Hall–Kier alpha value is -2.63. The zero-order valence-corrected chi connectivity index (χ0v) is 19.4. The minimum Gasteiger partial charge on any atom is -0.484 e. The highest BCUT2D eigenvalue weighted by molar-refractivity contribution is 9.10. The molecule has 0 saturated heterocycles. The number of hydrogen-bond donors (Lipinski definition) is 1. The van der Waals surface area contributed by atoms with Crippen LogP contribution in [0.25, 0.3) is 0 Å². The third kappa shape index (κ3) is 6.68. The van der Waals surface area contributed by atoms with Crippen molar-refractivity contribution in [3.8, 4) is 5.75 Å². The van der Waals surface area contributed by atoms with Crippen molar-refractivity contribution in [2.75, 3.05) is 0 Å². The molecular weight excluding hydrogens is 454 g/mol. The SMILES string of the molecule is CC(C)(CC(=O)OC(N)CC(Oc1ccccc1Br)c1ccccc1)c1ccccc1. The average molecular weight is 482 g/mol. The molecule has 0 aromatic heterocycles. The molecule has 3 aromatic carbocycles. The number of halogens is 1. The minimum atomic E-state index is -0.785. The van der Waals surface area contributed by atoms with Crippen LogP contribution in [0.15, 0.2) is 89.4 Å². The maximum Gasteiger partial charge on any atom is 0.308 e. The smallest absolute Gasteiger partial charge is 0.308 e. The van der Waals surface area contributed by atoms with E-state index in [9.17, 15) is 4.79 Å². The van der Waals surface area contributed by atoms with Crippen molar-refractivity contribution in [3.05, 3.63) is 101 Å². The summed E-state index contributed by atoms with van der Waals surface area (Å²) >= 11 is 3.52. The Balaban J connectivity index is 1.66. The Morgan fingerprint density at radius 3 is 2.16 bits per heavy atom. The molecule has 0 amide bonds. The van der Waals surface area contributed by atoms with Crippen molar-refractivity contribution < 1.29 is 14.3 Å². The van der Waals surface area contributed by atoms with Crippen molar-refractivity contribution in [2.24, 2.45) is 5.73 Å². The first-order valence-corrected chi connectivity index (χ1v) is 11.1. The minimum absolute atomic E-state index is 0.242. The van der Waals surface area contributed by atoms with Gasteiger partial charge in [0.2, 0.25) is 0 Å². The number of hydrogen-bond acceptors (Lipinski definition) is 4. The van der Waals surface area contributed by atoms with E-state index in [4.69, 9.17) is 15.2 Å². The van der Waals surface area contributed by atoms with Gasteiger partial charge in [-0.05, 0) is 39.2 Å². The van der Waals surface area contributed by atoms with Crippen molar-refractivity contribution >= 4 is 21.9 Å². The van der Waals surface area contributed by atoms with Crippen LogP contribution < -0.4 is 10.5 Å². The molecule has 0 fully saturated rings. The highest BCUT2D eigenvalue weighted by Gasteiger charge is 2.27. The van der Waals surface area contributed by atoms with Gasteiger partial charge >= 0.3 is 5.97 Å². The number of rotatable bonds is 9. The Morgan fingerprint density at radius 1 is 0.935 bits per heavy atom. The third-order valence-corrected chi connectivity index (χ3v) is 5.80. The lowest BCUT2D eigenvalue weighted by molar-refractivity contribution is -0.151. The van der Waals surface area contributed by atoms with Gasteiger partial charge in [0.05, 0.1) is 10.9 Å². The summed E-state index contributed by atoms with van der Waals surface area (Å²) in [5.74, 6) is 0.383. The highest BCUT2D eigenvalue weighted by Crippen LogP contribution is 2.32. The first-order chi connectivity index (χ1) is 14.8. The van der Waals surface area contributed by atoms with Gasteiger partial charge in [0, 0.05) is 11.8 Å². The number of esters is 1. The predicted molar refractivity (Wildman–Crippen MR) is 127 cm³/mol. The number of carbonyl (C=O) groups excluding carboxylic acids is 1. The molecule has 5 heteroatoms. The van der Waals surface area contributed by atoms with Crippen LogP contribution in [0.3, 0.4) is 0 Å². The zero-order chi connectivity index (χ0) is 22.3. The summed E-state index contributed by atoms with van der Waals surface area (Å²) in [4.78, 5) is 12.6. The van der Waals surface area contributed by atoms with Crippen molar-refractivity contribution in [1.29, 1.82) is 0 Å².